The number of allylic oxidation sites excluding steroid dienone is 1. The molecule has 0 radical (unpaired) electrons. The molecule has 0 saturated carbocycles. The van der Waals surface area contributed by atoms with Crippen molar-refractivity contribution in [1.29, 1.82) is 0 Å². The predicted molar refractivity (Wildman–Crippen MR) is 62.0 cm³/mol. The third-order valence-corrected chi connectivity index (χ3v) is 2.05. The van der Waals surface area contributed by atoms with Crippen LogP contribution in [0.25, 0.3) is 5.57 Å². The molecule has 0 aromatic heterocycles. The molecule has 4 nitrogen and oxygen atoms in total. The Labute approximate surface area is 88.8 Å². The molecule has 0 unspecified atom stereocenters. The number of nitro benzene ring substituents is 1. The third-order valence-electron chi connectivity index (χ3n) is 2.05. The lowest BCUT2D eigenvalue weighted by Gasteiger charge is -2.08. The van der Waals surface area contributed by atoms with E-state index in [-0.39, 0.29) is 10.6 Å². The Kier molecular flexibility index (Phi) is 3.44. The lowest BCUT2D eigenvalue weighted by atomic mass is 10.1. The van der Waals surface area contributed by atoms with Crippen molar-refractivity contribution < 1.29 is 4.92 Å². The van der Waals surface area contributed by atoms with E-state index in [1.807, 2.05) is 6.92 Å². The summed E-state index contributed by atoms with van der Waals surface area (Å²) in [6.07, 6.45) is 0. The van der Waals surface area contributed by atoms with Gasteiger partial charge in [-0.25, -0.2) is 0 Å². The van der Waals surface area contributed by atoms with Crippen molar-refractivity contribution in [1.82, 2.24) is 0 Å². The Hall–Kier alpha value is -1.84. The van der Waals surface area contributed by atoms with Gasteiger partial charge in [0.25, 0.3) is 5.69 Å². The second-order valence-corrected chi connectivity index (χ2v) is 3.27. The van der Waals surface area contributed by atoms with Crippen molar-refractivity contribution in [3.63, 3.8) is 0 Å². The molecule has 0 spiro atoms. The van der Waals surface area contributed by atoms with Crippen LogP contribution >= 0.6 is 0 Å². The first-order valence-corrected chi connectivity index (χ1v) is 4.75. The Morgan fingerprint density at radius 2 is 2.27 bits per heavy atom. The molecule has 1 aromatic carbocycles. The normalized spacial score (nSPS) is 9.73. The van der Waals surface area contributed by atoms with Gasteiger partial charge in [-0.05, 0) is 31.6 Å². The summed E-state index contributed by atoms with van der Waals surface area (Å²) in [5.41, 5.74) is 1.93. The molecule has 0 fully saturated rings. The third kappa shape index (κ3) is 2.34. The largest absolute Gasteiger partial charge is 0.380 e. The fourth-order valence-corrected chi connectivity index (χ4v) is 1.42. The molecule has 0 bridgehead atoms. The molecule has 15 heavy (non-hydrogen) atoms. The van der Waals surface area contributed by atoms with Gasteiger partial charge in [0.2, 0.25) is 0 Å². The highest BCUT2D eigenvalue weighted by Gasteiger charge is 2.18. The summed E-state index contributed by atoms with van der Waals surface area (Å²) in [6, 6.07) is 5.20. The first-order chi connectivity index (χ1) is 7.07. The highest BCUT2D eigenvalue weighted by Crippen LogP contribution is 2.32. The minimum absolute atomic E-state index is 0.104. The van der Waals surface area contributed by atoms with Gasteiger partial charge in [0.15, 0.2) is 0 Å². The number of nitro groups is 1. The van der Waals surface area contributed by atoms with Gasteiger partial charge >= 0.3 is 0 Å². The minimum atomic E-state index is -0.373. The lowest BCUT2D eigenvalue weighted by molar-refractivity contribution is -0.384. The number of para-hydroxylation sites is 1. The van der Waals surface area contributed by atoms with Gasteiger partial charge in [0.05, 0.1) is 10.5 Å². The minimum Gasteiger partial charge on any atom is -0.380 e. The van der Waals surface area contributed by atoms with Crippen molar-refractivity contribution in [3.8, 4) is 0 Å². The van der Waals surface area contributed by atoms with Crippen molar-refractivity contribution in [2.75, 3.05) is 11.9 Å². The monoisotopic (exact) mass is 206 g/mol. The summed E-state index contributed by atoms with van der Waals surface area (Å²) in [5, 5.41) is 13.9. The standard InChI is InChI=1S/C11H14N2O2/c1-4-12-10-7-5-6-9(8(2)3)11(10)13(14)15/h5-7,12H,2,4H2,1,3H3. The zero-order chi connectivity index (χ0) is 11.4. The molecule has 1 rings (SSSR count). The SMILES string of the molecule is C=C(C)c1cccc(NCC)c1[N+](=O)[O-]. The van der Waals surface area contributed by atoms with Gasteiger partial charge < -0.3 is 5.32 Å². The molecular weight excluding hydrogens is 192 g/mol. The summed E-state index contributed by atoms with van der Waals surface area (Å²) in [6.45, 7) is 8.05. The Balaban J connectivity index is 3.34. The quantitative estimate of drug-likeness (QED) is 0.608. The van der Waals surface area contributed by atoms with Crippen LogP contribution in [-0.4, -0.2) is 11.5 Å². The molecule has 0 aliphatic heterocycles. The van der Waals surface area contributed by atoms with Crippen LogP contribution in [0.4, 0.5) is 11.4 Å². The molecule has 0 saturated heterocycles. The maximum absolute atomic E-state index is 10.9. The Morgan fingerprint density at radius 1 is 1.60 bits per heavy atom. The van der Waals surface area contributed by atoms with Crippen molar-refractivity contribution in [2.24, 2.45) is 0 Å². The number of hydrogen-bond donors (Lipinski definition) is 1. The molecular formula is C11H14N2O2. The van der Waals surface area contributed by atoms with E-state index >= 15 is 0 Å². The van der Waals surface area contributed by atoms with Crippen LogP contribution in [0.3, 0.4) is 0 Å². The summed E-state index contributed by atoms with van der Waals surface area (Å²) in [4.78, 5) is 10.6. The van der Waals surface area contributed by atoms with Crippen LogP contribution in [-0.2, 0) is 0 Å². The van der Waals surface area contributed by atoms with Gasteiger partial charge in [0, 0.05) is 6.54 Å². The van der Waals surface area contributed by atoms with Crippen LogP contribution in [0.1, 0.15) is 19.4 Å². The first-order valence-electron chi connectivity index (χ1n) is 4.75. The maximum atomic E-state index is 10.9. The Bertz CT molecular complexity index is 400. The molecule has 1 aromatic rings. The molecule has 0 amide bonds. The van der Waals surface area contributed by atoms with Crippen LogP contribution in [0.5, 0.6) is 0 Å². The predicted octanol–water partition coefficient (Wildman–Crippen LogP) is 3.06. The fourth-order valence-electron chi connectivity index (χ4n) is 1.42. The van der Waals surface area contributed by atoms with E-state index in [2.05, 4.69) is 11.9 Å². The summed E-state index contributed by atoms with van der Waals surface area (Å²) < 4.78 is 0. The molecule has 4 heteroatoms. The highest BCUT2D eigenvalue weighted by atomic mass is 16.6. The molecule has 80 valence electrons. The van der Waals surface area contributed by atoms with E-state index in [1.165, 1.54) is 0 Å². The fraction of sp³-hybridized carbons (Fsp3) is 0.273. The second-order valence-electron chi connectivity index (χ2n) is 3.27. The zero-order valence-electron chi connectivity index (χ0n) is 8.91. The van der Waals surface area contributed by atoms with Gasteiger partial charge in [-0.1, -0.05) is 12.6 Å². The first kappa shape index (κ1) is 11.2. The smallest absolute Gasteiger partial charge is 0.299 e. The van der Waals surface area contributed by atoms with E-state index in [9.17, 15) is 10.1 Å². The van der Waals surface area contributed by atoms with Crippen molar-refractivity contribution in [2.45, 2.75) is 13.8 Å². The summed E-state index contributed by atoms with van der Waals surface area (Å²) in [7, 11) is 0. The van der Waals surface area contributed by atoms with E-state index in [1.54, 1.807) is 25.1 Å². The van der Waals surface area contributed by atoms with Crippen molar-refractivity contribution in [3.05, 3.63) is 40.5 Å². The van der Waals surface area contributed by atoms with Gasteiger partial charge in [-0.3, -0.25) is 10.1 Å². The van der Waals surface area contributed by atoms with Crippen LogP contribution in [0.15, 0.2) is 24.8 Å². The summed E-state index contributed by atoms with van der Waals surface area (Å²) in [5.74, 6) is 0. The molecule has 0 aliphatic rings. The highest BCUT2D eigenvalue weighted by molar-refractivity contribution is 5.78. The second kappa shape index (κ2) is 4.59. The van der Waals surface area contributed by atoms with E-state index in [0.29, 0.717) is 23.4 Å². The number of nitrogens with one attached hydrogen (secondary N) is 1. The van der Waals surface area contributed by atoms with Crippen LogP contribution in [0, 0.1) is 10.1 Å². The summed E-state index contributed by atoms with van der Waals surface area (Å²) >= 11 is 0. The molecule has 0 aliphatic carbocycles. The number of benzene rings is 1. The van der Waals surface area contributed by atoms with Gasteiger partial charge in [-0.15, -0.1) is 0 Å². The molecule has 0 atom stereocenters. The maximum Gasteiger partial charge on any atom is 0.299 e. The van der Waals surface area contributed by atoms with E-state index in [0.717, 1.165) is 0 Å². The average Bonchev–Trinajstić information content (AvgIpc) is 2.17. The topological polar surface area (TPSA) is 55.2 Å². The Morgan fingerprint density at radius 3 is 2.73 bits per heavy atom. The van der Waals surface area contributed by atoms with Crippen molar-refractivity contribution >= 4 is 16.9 Å². The van der Waals surface area contributed by atoms with E-state index in [4.69, 9.17) is 0 Å². The van der Waals surface area contributed by atoms with E-state index < -0.39 is 0 Å². The van der Waals surface area contributed by atoms with Crippen LogP contribution in [0.2, 0.25) is 0 Å². The molecule has 1 N–H and O–H groups in total. The number of rotatable bonds is 4. The number of nitrogens with zero attached hydrogens (tertiary/aromatic N) is 1. The molecule has 0 heterocycles. The van der Waals surface area contributed by atoms with Gasteiger partial charge in [-0.2, -0.15) is 0 Å². The van der Waals surface area contributed by atoms with Gasteiger partial charge in [0.1, 0.15) is 5.69 Å². The zero-order valence-corrected chi connectivity index (χ0v) is 8.91. The average molecular weight is 206 g/mol. The number of hydrogen-bond acceptors (Lipinski definition) is 3. The van der Waals surface area contributed by atoms with Crippen LogP contribution < -0.4 is 5.32 Å². The lowest BCUT2D eigenvalue weighted by Crippen LogP contribution is -2.03. The number of anilines is 1.